The molecule has 48 heavy (non-hydrogen) atoms. The van der Waals surface area contributed by atoms with Crippen molar-refractivity contribution < 1.29 is 33.3 Å². The molecule has 1 aromatic heterocycles. The van der Waals surface area contributed by atoms with Crippen LogP contribution >= 0.6 is 11.3 Å². The number of carbonyl (C=O) groups excluding carboxylic acids is 2. The van der Waals surface area contributed by atoms with E-state index in [9.17, 15) is 14.4 Å². The third-order valence-corrected chi connectivity index (χ3v) is 8.32. The van der Waals surface area contributed by atoms with Crippen molar-refractivity contribution in [2.75, 3.05) is 26.9 Å². The molecular weight excluding hydrogens is 634 g/mol. The molecule has 2 heterocycles. The van der Waals surface area contributed by atoms with Gasteiger partial charge in [-0.15, -0.1) is 0 Å². The fraction of sp³-hybridized carbons (Fsp3) is 0.250. The van der Waals surface area contributed by atoms with E-state index in [0.29, 0.717) is 56.6 Å². The van der Waals surface area contributed by atoms with Crippen LogP contribution in [0.3, 0.4) is 0 Å². The van der Waals surface area contributed by atoms with Crippen molar-refractivity contribution >= 4 is 29.4 Å². The van der Waals surface area contributed by atoms with E-state index in [1.165, 1.54) is 23.0 Å². The summed E-state index contributed by atoms with van der Waals surface area (Å²) in [6, 6.07) is 20.8. The second-order valence-electron chi connectivity index (χ2n) is 10.5. The zero-order valence-electron chi connectivity index (χ0n) is 26.8. The molecule has 0 fully saturated rings. The van der Waals surface area contributed by atoms with Crippen LogP contribution in [0.1, 0.15) is 49.1 Å². The summed E-state index contributed by atoms with van der Waals surface area (Å²) >= 11 is 1.21. The quantitative estimate of drug-likeness (QED) is 0.204. The van der Waals surface area contributed by atoms with Crippen LogP contribution in [0.2, 0.25) is 0 Å². The summed E-state index contributed by atoms with van der Waals surface area (Å²) < 4.78 is 29.3. The third kappa shape index (κ3) is 7.48. The molecule has 0 saturated heterocycles. The topological polar surface area (TPSA) is 138 Å². The molecule has 5 rings (SSSR count). The highest BCUT2D eigenvalue weighted by molar-refractivity contribution is 7.07. The van der Waals surface area contributed by atoms with Gasteiger partial charge in [0, 0.05) is 0 Å². The van der Waals surface area contributed by atoms with Crippen molar-refractivity contribution in [2.45, 2.75) is 33.4 Å². The third-order valence-electron chi connectivity index (χ3n) is 7.34. The largest absolute Gasteiger partial charge is 0.490 e. The van der Waals surface area contributed by atoms with Crippen molar-refractivity contribution in [2.24, 2.45) is 4.99 Å². The smallest absolute Gasteiger partial charge is 0.343 e. The van der Waals surface area contributed by atoms with E-state index in [-0.39, 0.29) is 24.3 Å². The molecule has 0 saturated carbocycles. The van der Waals surface area contributed by atoms with Gasteiger partial charge in [0.15, 0.2) is 22.9 Å². The molecule has 4 aromatic rings. The second kappa shape index (κ2) is 15.3. The van der Waals surface area contributed by atoms with Gasteiger partial charge in [0.25, 0.3) is 5.56 Å². The van der Waals surface area contributed by atoms with E-state index in [0.717, 1.165) is 11.1 Å². The van der Waals surface area contributed by atoms with Crippen LogP contribution in [0.15, 0.2) is 87.8 Å². The molecule has 0 N–H and O–H groups in total. The van der Waals surface area contributed by atoms with Crippen molar-refractivity contribution in [3.63, 3.8) is 0 Å². The summed E-state index contributed by atoms with van der Waals surface area (Å²) in [5, 5.41) is 8.99. The molecule has 3 aromatic carbocycles. The van der Waals surface area contributed by atoms with Crippen molar-refractivity contribution in [1.29, 1.82) is 5.26 Å². The van der Waals surface area contributed by atoms with E-state index < -0.39 is 18.0 Å². The van der Waals surface area contributed by atoms with Crippen molar-refractivity contribution in [3.05, 3.63) is 120 Å². The standard InChI is InChI=1S/C36H33N3O8S/c1-5-44-29-18-26(13-16-28(29)47-21-31(40)43-4)33-32(35(42)45-6-2)22(3)38-36-39(33)34(41)30(48-36)17-23-11-14-27(15-12-23)46-20-25-9-7-24(19-37)8-10-25/h7-18,33H,5-6,20-21H2,1-4H3/b30-17+/t33-/m0/s1. The number of fused-ring (bicyclic) bond motifs is 1. The van der Waals surface area contributed by atoms with Crippen LogP contribution in [0.4, 0.5) is 0 Å². The van der Waals surface area contributed by atoms with Gasteiger partial charge in [0.2, 0.25) is 0 Å². The molecule has 1 atom stereocenters. The maximum absolute atomic E-state index is 14.0. The van der Waals surface area contributed by atoms with E-state index in [4.69, 9.17) is 24.2 Å². The lowest BCUT2D eigenvalue weighted by atomic mass is 9.95. The Morgan fingerprint density at radius 2 is 1.73 bits per heavy atom. The predicted octanol–water partition coefficient (Wildman–Crippen LogP) is 4.20. The van der Waals surface area contributed by atoms with E-state index >= 15 is 0 Å². The number of aromatic nitrogens is 1. The molecule has 0 aliphatic carbocycles. The first-order valence-corrected chi connectivity index (χ1v) is 16.0. The number of thiazole rings is 1. The van der Waals surface area contributed by atoms with Crippen molar-refractivity contribution in [1.82, 2.24) is 4.57 Å². The molecule has 11 nitrogen and oxygen atoms in total. The zero-order valence-corrected chi connectivity index (χ0v) is 27.7. The summed E-state index contributed by atoms with van der Waals surface area (Å²) in [6.45, 7) is 5.70. The number of nitriles is 1. The normalized spacial score (nSPS) is 14.0. The number of hydrogen-bond acceptors (Lipinski definition) is 11. The number of rotatable bonds is 12. The Balaban J connectivity index is 1.50. The molecule has 0 unspecified atom stereocenters. The zero-order chi connectivity index (χ0) is 34.2. The minimum Gasteiger partial charge on any atom is -0.490 e. The minimum absolute atomic E-state index is 0.143. The molecule has 12 heteroatoms. The first kappa shape index (κ1) is 33.7. The van der Waals surface area contributed by atoms with Crippen LogP contribution < -0.4 is 29.1 Å². The van der Waals surface area contributed by atoms with Gasteiger partial charge in [-0.1, -0.05) is 41.7 Å². The fourth-order valence-corrected chi connectivity index (χ4v) is 6.09. The van der Waals surface area contributed by atoms with Gasteiger partial charge in [-0.25, -0.2) is 14.6 Å². The SMILES string of the molecule is CCOC(=O)C1=C(C)N=c2s/c(=C/c3ccc(OCc4ccc(C#N)cc4)cc3)c(=O)n2[C@H]1c1ccc(OCC(=O)OC)c(OCC)c1. The summed E-state index contributed by atoms with van der Waals surface area (Å²) in [5.41, 5.74) is 3.19. The number of ether oxygens (including phenoxy) is 5. The molecule has 0 radical (unpaired) electrons. The van der Waals surface area contributed by atoms with Crippen LogP contribution in [0, 0.1) is 11.3 Å². The van der Waals surface area contributed by atoms with Crippen LogP contribution in [-0.4, -0.2) is 43.4 Å². The van der Waals surface area contributed by atoms with Gasteiger partial charge in [0.05, 0.1) is 53.8 Å². The highest BCUT2D eigenvalue weighted by Gasteiger charge is 2.34. The minimum atomic E-state index is -0.866. The number of methoxy groups -OCH3 is 1. The summed E-state index contributed by atoms with van der Waals surface area (Å²) in [5.74, 6) is 0.152. The van der Waals surface area contributed by atoms with Gasteiger partial charge in [0.1, 0.15) is 12.4 Å². The number of esters is 2. The lowest BCUT2D eigenvalue weighted by Crippen LogP contribution is -2.40. The van der Waals surface area contributed by atoms with E-state index in [2.05, 4.69) is 15.8 Å². The van der Waals surface area contributed by atoms with Crippen LogP contribution in [-0.2, 0) is 25.7 Å². The first-order valence-electron chi connectivity index (χ1n) is 15.1. The second-order valence-corrected chi connectivity index (χ2v) is 11.5. The van der Waals surface area contributed by atoms with Gasteiger partial charge in [-0.2, -0.15) is 5.26 Å². The Labute approximate surface area is 280 Å². The Kier molecular flexibility index (Phi) is 10.7. The average molecular weight is 668 g/mol. The van der Waals surface area contributed by atoms with Gasteiger partial charge >= 0.3 is 11.9 Å². The molecular formula is C36H33N3O8S. The monoisotopic (exact) mass is 667 g/mol. The van der Waals surface area contributed by atoms with Crippen LogP contribution in [0.25, 0.3) is 6.08 Å². The predicted molar refractivity (Wildman–Crippen MR) is 177 cm³/mol. The molecule has 1 aliphatic rings. The Morgan fingerprint density at radius 1 is 0.979 bits per heavy atom. The number of nitrogens with zero attached hydrogens (tertiary/aromatic N) is 3. The van der Waals surface area contributed by atoms with E-state index in [1.54, 1.807) is 50.3 Å². The average Bonchev–Trinajstić information content (AvgIpc) is 3.40. The summed E-state index contributed by atoms with van der Waals surface area (Å²) in [4.78, 5) is 44.1. The number of benzene rings is 3. The summed E-state index contributed by atoms with van der Waals surface area (Å²) in [6.07, 6.45) is 1.77. The molecule has 0 spiro atoms. The maximum atomic E-state index is 14.0. The van der Waals surface area contributed by atoms with E-state index in [1.807, 2.05) is 43.3 Å². The van der Waals surface area contributed by atoms with Crippen molar-refractivity contribution in [3.8, 4) is 23.3 Å². The summed E-state index contributed by atoms with van der Waals surface area (Å²) in [7, 11) is 1.27. The maximum Gasteiger partial charge on any atom is 0.343 e. The van der Waals surface area contributed by atoms with Gasteiger partial charge < -0.3 is 23.7 Å². The number of carbonyl (C=O) groups is 2. The highest BCUT2D eigenvalue weighted by Crippen LogP contribution is 2.36. The Hall–Kier alpha value is -5.67. The molecule has 0 amide bonds. The molecule has 1 aliphatic heterocycles. The lowest BCUT2D eigenvalue weighted by molar-refractivity contribution is -0.143. The Bertz CT molecular complexity index is 2070. The molecule has 246 valence electrons. The highest BCUT2D eigenvalue weighted by atomic mass is 32.1. The lowest BCUT2D eigenvalue weighted by Gasteiger charge is -2.25. The van der Waals surface area contributed by atoms with Gasteiger partial charge in [-0.3, -0.25) is 9.36 Å². The Morgan fingerprint density at radius 3 is 2.40 bits per heavy atom. The fourth-order valence-electron chi connectivity index (χ4n) is 5.04. The van der Waals surface area contributed by atoms with Gasteiger partial charge in [-0.05, 0) is 79.9 Å². The first-order chi connectivity index (χ1) is 23.3. The number of allylic oxidation sites excluding steroid dienone is 1. The molecule has 0 bridgehead atoms. The number of hydrogen-bond donors (Lipinski definition) is 0. The van der Waals surface area contributed by atoms with Crippen LogP contribution in [0.5, 0.6) is 17.2 Å².